The second-order valence-electron chi connectivity index (χ2n) is 10.8. The van der Waals surface area contributed by atoms with Crippen molar-refractivity contribution in [2.45, 2.75) is 124 Å². The minimum atomic E-state index is 0. The number of hydrogen-bond acceptors (Lipinski definition) is 4. The van der Waals surface area contributed by atoms with Crippen molar-refractivity contribution in [1.29, 1.82) is 0 Å². The maximum absolute atomic E-state index is 4.95. The van der Waals surface area contributed by atoms with Gasteiger partial charge in [0.1, 0.15) is 0 Å². The fourth-order valence-corrected chi connectivity index (χ4v) is 4.62. The Kier molecular flexibility index (Phi) is 22.4. The van der Waals surface area contributed by atoms with Crippen molar-refractivity contribution in [3.63, 3.8) is 0 Å². The molecule has 2 aromatic rings. The Bertz CT molecular complexity index is 906. The minimum Gasteiger partial charge on any atom is -0.385 e. The van der Waals surface area contributed by atoms with Crippen molar-refractivity contribution in [2.24, 2.45) is 9.98 Å². The zero-order valence-electron chi connectivity index (χ0n) is 25.6. The third kappa shape index (κ3) is 17.7. The molecule has 2 N–H and O–H groups in total. The van der Waals surface area contributed by atoms with Crippen molar-refractivity contribution >= 4 is 34.7 Å². The number of rotatable bonds is 23. The zero-order valence-corrected chi connectivity index (χ0v) is 27.2. The van der Waals surface area contributed by atoms with Gasteiger partial charge in [0.05, 0.1) is 17.1 Å². The van der Waals surface area contributed by atoms with Crippen LogP contribution in [0.2, 0.25) is 0 Å². The van der Waals surface area contributed by atoms with Crippen molar-refractivity contribution in [2.75, 3.05) is 23.7 Å². The van der Waals surface area contributed by atoms with E-state index in [1.165, 1.54) is 101 Å². The molecule has 4 nitrogen and oxygen atoms in total. The van der Waals surface area contributed by atoms with E-state index in [2.05, 4.69) is 79.9 Å². The van der Waals surface area contributed by atoms with E-state index in [0.717, 1.165) is 43.0 Å². The topological polar surface area (TPSA) is 48.8 Å². The third-order valence-corrected chi connectivity index (χ3v) is 7.13. The van der Waals surface area contributed by atoms with Gasteiger partial charge in [0.15, 0.2) is 0 Å². The van der Waals surface area contributed by atoms with Crippen LogP contribution in [0.5, 0.6) is 0 Å². The molecule has 226 valence electrons. The summed E-state index contributed by atoms with van der Waals surface area (Å²) in [5.74, 6) is 0. The summed E-state index contributed by atoms with van der Waals surface area (Å²) < 4.78 is 0. The summed E-state index contributed by atoms with van der Waals surface area (Å²) in [7, 11) is 0. The van der Waals surface area contributed by atoms with Gasteiger partial charge in [-0.25, -0.2) is 0 Å². The summed E-state index contributed by atoms with van der Waals surface area (Å²) in [6.07, 6.45) is 22.4. The number of unbranched alkanes of at least 4 members (excludes halogenated alkanes) is 12. The predicted molar refractivity (Wildman–Crippen MR) is 176 cm³/mol. The smallest absolute Gasteiger partial charge is 0.0635 e. The number of hydrogen-bond donors (Lipinski definition) is 2. The van der Waals surface area contributed by atoms with Crippen molar-refractivity contribution in [3.8, 4) is 0 Å². The molecule has 0 aliphatic rings. The van der Waals surface area contributed by atoms with Crippen molar-refractivity contribution in [1.82, 2.24) is 0 Å². The number of anilines is 2. The molecular weight excluding hydrogens is 583 g/mol. The van der Waals surface area contributed by atoms with E-state index in [1.54, 1.807) is 0 Å². The van der Waals surface area contributed by atoms with Crippen molar-refractivity contribution in [3.05, 3.63) is 48.5 Å². The molecule has 0 saturated heterocycles. The summed E-state index contributed by atoms with van der Waals surface area (Å²) in [6, 6.07) is 17.0. The molecule has 0 bridgehead atoms. The van der Waals surface area contributed by atoms with E-state index >= 15 is 0 Å². The molecule has 0 heterocycles. The van der Waals surface area contributed by atoms with Crippen LogP contribution in [0.1, 0.15) is 124 Å². The summed E-state index contributed by atoms with van der Waals surface area (Å²) in [5, 5.41) is 7.10. The Morgan fingerprint density at radius 2 is 0.975 bits per heavy atom. The van der Waals surface area contributed by atoms with Crippen LogP contribution >= 0.6 is 0 Å². The second kappa shape index (κ2) is 24.8. The summed E-state index contributed by atoms with van der Waals surface area (Å²) in [4.78, 5) is 9.71. The Morgan fingerprint density at radius 3 is 1.48 bits per heavy atom. The van der Waals surface area contributed by atoms with E-state index in [-0.39, 0.29) is 20.4 Å². The van der Waals surface area contributed by atoms with E-state index in [1.807, 2.05) is 6.21 Å². The molecular formula is C35H56N4Pd. The van der Waals surface area contributed by atoms with E-state index in [9.17, 15) is 0 Å². The zero-order chi connectivity index (χ0) is 27.8. The normalized spacial score (nSPS) is 11.5. The molecule has 0 aliphatic heterocycles. The van der Waals surface area contributed by atoms with Gasteiger partial charge >= 0.3 is 0 Å². The van der Waals surface area contributed by atoms with Gasteiger partial charge < -0.3 is 10.6 Å². The molecule has 0 aromatic heterocycles. The Labute approximate surface area is 260 Å². The SMILES string of the molecule is CCCCCCCCNc1ccc(/N=C/C(CCCCC)=N/c2ccc(NCCCCCCCC)cc2)cc1.[Pd]. The number of aliphatic imine (C=N–C) groups is 2. The molecule has 0 atom stereocenters. The molecule has 2 rings (SSSR count). The van der Waals surface area contributed by atoms with Crippen LogP contribution in [0.15, 0.2) is 58.5 Å². The van der Waals surface area contributed by atoms with Crippen LogP contribution in [-0.4, -0.2) is 25.0 Å². The van der Waals surface area contributed by atoms with E-state index in [0.29, 0.717) is 0 Å². The maximum Gasteiger partial charge on any atom is 0.0635 e. The van der Waals surface area contributed by atoms with Gasteiger partial charge in [0.25, 0.3) is 0 Å². The van der Waals surface area contributed by atoms with Gasteiger partial charge in [-0.05, 0) is 74.2 Å². The third-order valence-electron chi connectivity index (χ3n) is 7.13. The van der Waals surface area contributed by atoms with Gasteiger partial charge in [-0.15, -0.1) is 0 Å². The molecule has 0 radical (unpaired) electrons. The van der Waals surface area contributed by atoms with Crippen LogP contribution in [-0.2, 0) is 20.4 Å². The van der Waals surface area contributed by atoms with Gasteiger partial charge in [-0.2, -0.15) is 0 Å². The molecule has 40 heavy (non-hydrogen) atoms. The van der Waals surface area contributed by atoms with E-state index in [4.69, 9.17) is 9.98 Å². The standard InChI is InChI=1S/C35H56N4.Pd/c1-4-7-10-12-14-17-28-36-31-20-22-33(23-21-31)38-30-35(19-16-9-6-3)39-34-26-24-32(25-27-34)37-29-18-15-13-11-8-5-2;/h20-27,30,36-37H,4-19,28-29H2,1-3H3;/b38-30+,39-35+;. The molecule has 0 unspecified atom stereocenters. The van der Waals surface area contributed by atoms with Gasteiger partial charge in [-0.3, -0.25) is 9.98 Å². The van der Waals surface area contributed by atoms with Crippen LogP contribution in [0, 0.1) is 0 Å². The van der Waals surface area contributed by atoms with Crippen LogP contribution in [0.3, 0.4) is 0 Å². The molecule has 0 amide bonds. The average Bonchev–Trinajstić information content (AvgIpc) is 2.96. The van der Waals surface area contributed by atoms with Crippen LogP contribution < -0.4 is 10.6 Å². The van der Waals surface area contributed by atoms with Crippen LogP contribution in [0.4, 0.5) is 22.7 Å². The largest absolute Gasteiger partial charge is 0.385 e. The first-order valence-electron chi connectivity index (χ1n) is 16.0. The van der Waals surface area contributed by atoms with E-state index < -0.39 is 0 Å². The second-order valence-corrected chi connectivity index (χ2v) is 10.8. The quantitative estimate of drug-likeness (QED) is 0.0722. The minimum absolute atomic E-state index is 0. The molecule has 0 fully saturated rings. The first-order chi connectivity index (χ1) is 19.2. The Morgan fingerprint density at radius 1 is 0.550 bits per heavy atom. The molecule has 0 spiro atoms. The molecule has 0 saturated carbocycles. The summed E-state index contributed by atoms with van der Waals surface area (Å²) in [5.41, 5.74) is 5.35. The first kappa shape index (κ1) is 36.1. The molecule has 0 aliphatic carbocycles. The first-order valence-corrected chi connectivity index (χ1v) is 16.0. The summed E-state index contributed by atoms with van der Waals surface area (Å²) in [6.45, 7) is 8.85. The molecule has 2 aromatic carbocycles. The number of nitrogens with one attached hydrogen (secondary N) is 2. The monoisotopic (exact) mass is 638 g/mol. The molecule has 5 heteroatoms. The number of benzene rings is 2. The fourth-order valence-electron chi connectivity index (χ4n) is 4.62. The summed E-state index contributed by atoms with van der Waals surface area (Å²) >= 11 is 0. The van der Waals surface area contributed by atoms with Gasteiger partial charge in [0, 0.05) is 51.1 Å². The van der Waals surface area contributed by atoms with Gasteiger partial charge in [0.2, 0.25) is 0 Å². The van der Waals surface area contributed by atoms with Gasteiger partial charge in [-0.1, -0.05) is 97.8 Å². The Balaban J connectivity index is 0.00000800. The Hall–Kier alpha value is -1.96. The van der Waals surface area contributed by atoms with Crippen molar-refractivity contribution < 1.29 is 20.4 Å². The van der Waals surface area contributed by atoms with Crippen LogP contribution in [0.25, 0.3) is 0 Å². The average molecular weight is 639 g/mol. The maximum atomic E-state index is 4.95. The fraction of sp³-hybridized carbons (Fsp3) is 0.600. The predicted octanol–water partition coefficient (Wildman–Crippen LogP) is 11.3. The number of nitrogens with zero attached hydrogens (tertiary/aromatic N) is 2.